The molecule has 2 unspecified atom stereocenters. The van der Waals surface area contributed by atoms with Crippen LogP contribution in [0.1, 0.15) is 34.6 Å². The first-order valence-corrected chi connectivity index (χ1v) is 12.4. The van der Waals surface area contributed by atoms with E-state index in [1.54, 1.807) is 39.2 Å². The fourth-order valence-electron chi connectivity index (χ4n) is 2.57. The lowest BCUT2D eigenvalue weighted by molar-refractivity contribution is -0.108. The summed E-state index contributed by atoms with van der Waals surface area (Å²) in [6.45, 7) is 7.49. The third-order valence-corrected chi connectivity index (χ3v) is 4.96. The van der Waals surface area contributed by atoms with Crippen LogP contribution in [0.5, 0.6) is 0 Å². The number of nitrogens with zero attached hydrogens (tertiary/aromatic N) is 4. The highest BCUT2D eigenvalue weighted by atomic mass is 31.2. The zero-order valence-corrected chi connectivity index (χ0v) is 20.9. The summed E-state index contributed by atoms with van der Waals surface area (Å²) in [5, 5.41) is 0. The highest BCUT2D eigenvalue weighted by molar-refractivity contribution is 7.52. The topological polar surface area (TPSA) is 196 Å². The molecule has 0 aliphatic rings. The fraction of sp³-hybridized carbons (Fsp3) is 0.632. The van der Waals surface area contributed by atoms with Gasteiger partial charge in [0.25, 0.3) is 0 Å². The van der Waals surface area contributed by atoms with Gasteiger partial charge in [0.15, 0.2) is 18.1 Å². The van der Waals surface area contributed by atoms with Crippen LogP contribution in [-0.2, 0) is 39.3 Å². The number of fused-ring (bicyclic) bond motifs is 1. The summed E-state index contributed by atoms with van der Waals surface area (Å²) in [4.78, 5) is 45.8. The van der Waals surface area contributed by atoms with E-state index in [-0.39, 0.29) is 12.4 Å². The van der Waals surface area contributed by atoms with Crippen molar-refractivity contribution in [2.24, 2.45) is 0 Å². The number of hydrogen-bond donors (Lipinski definition) is 2. The number of ether oxygens (including phenoxy) is 5. The van der Waals surface area contributed by atoms with Gasteiger partial charge in [0.05, 0.1) is 31.2 Å². The smallest absolute Gasteiger partial charge is 0.432 e. The van der Waals surface area contributed by atoms with Crippen LogP contribution in [0, 0.1) is 0 Å². The predicted octanol–water partition coefficient (Wildman–Crippen LogP) is 2.42. The minimum absolute atomic E-state index is 0.220. The largest absolute Gasteiger partial charge is 0.510 e. The molecule has 3 atom stereocenters. The molecule has 15 nitrogen and oxygen atoms in total. The number of imidazole rings is 1. The molecule has 0 fully saturated rings. The minimum atomic E-state index is -4.48. The fourth-order valence-corrected chi connectivity index (χ4v) is 3.55. The van der Waals surface area contributed by atoms with E-state index in [0.717, 1.165) is 0 Å². The molecule has 2 aromatic heterocycles. The van der Waals surface area contributed by atoms with Gasteiger partial charge in [0.2, 0.25) is 6.29 Å². The van der Waals surface area contributed by atoms with Crippen molar-refractivity contribution < 1.29 is 47.3 Å². The Morgan fingerprint density at radius 3 is 2.37 bits per heavy atom. The zero-order valence-electron chi connectivity index (χ0n) is 20.0. The highest BCUT2D eigenvalue weighted by Crippen LogP contribution is 2.44. The molecule has 0 radical (unpaired) electrons. The number of carbonyl (C=O) groups is 2. The Balaban J connectivity index is 1.96. The first-order valence-electron chi connectivity index (χ1n) is 10.6. The second kappa shape index (κ2) is 12.6. The molecular formula is C19H30N5O10P. The minimum Gasteiger partial charge on any atom is -0.432 e. The van der Waals surface area contributed by atoms with Gasteiger partial charge >= 0.3 is 19.9 Å². The molecule has 35 heavy (non-hydrogen) atoms. The lowest BCUT2D eigenvalue weighted by atomic mass is 10.4. The SMILES string of the molecule is CC(C)OC(=O)OCC(OC(=O)OC(C)C)O[P@](=O)(O)COC(C)Cn1cnc2c(N)ncnc21. The summed E-state index contributed by atoms with van der Waals surface area (Å²) >= 11 is 0. The Hall–Kier alpha value is -3.00. The number of hydrogen-bond acceptors (Lipinski definition) is 13. The molecule has 0 aromatic carbocycles. The monoisotopic (exact) mass is 519 g/mol. The molecule has 2 rings (SSSR count). The lowest BCUT2D eigenvalue weighted by Gasteiger charge is -2.22. The van der Waals surface area contributed by atoms with E-state index >= 15 is 0 Å². The summed E-state index contributed by atoms with van der Waals surface area (Å²) in [5.41, 5.74) is 6.65. The summed E-state index contributed by atoms with van der Waals surface area (Å²) in [6.07, 6.45) is -3.58. The van der Waals surface area contributed by atoms with Crippen LogP contribution in [0.3, 0.4) is 0 Å². The van der Waals surface area contributed by atoms with E-state index < -0.39 is 57.5 Å². The van der Waals surface area contributed by atoms with Gasteiger partial charge in [0, 0.05) is 0 Å². The first-order chi connectivity index (χ1) is 16.4. The maximum absolute atomic E-state index is 12.6. The maximum Gasteiger partial charge on any atom is 0.510 e. The quantitative estimate of drug-likeness (QED) is 0.235. The normalized spacial score (nSPS) is 15.0. The molecule has 0 aliphatic heterocycles. The summed E-state index contributed by atoms with van der Waals surface area (Å²) in [6, 6.07) is 0. The van der Waals surface area contributed by atoms with Crippen molar-refractivity contribution in [2.45, 2.75) is 65.8 Å². The van der Waals surface area contributed by atoms with Crippen molar-refractivity contribution in [1.29, 1.82) is 0 Å². The zero-order chi connectivity index (χ0) is 26.2. The Morgan fingerprint density at radius 2 is 1.71 bits per heavy atom. The number of nitrogens with two attached hydrogens (primary N) is 1. The van der Waals surface area contributed by atoms with E-state index in [2.05, 4.69) is 15.0 Å². The maximum atomic E-state index is 12.6. The van der Waals surface area contributed by atoms with Crippen molar-refractivity contribution in [3.8, 4) is 0 Å². The van der Waals surface area contributed by atoms with Crippen molar-refractivity contribution in [1.82, 2.24) is 19.5 Å². The molecule has 3 N–H and O–H groups in total. The Bertz CT molecular complexity index is 1050. The molecule has 0 amide bonds. The second-order valence-corrected chi connectivity index (χ2v) is 9.61. The van der Waals surface area contributed by atoms with Gasteiger partial charge in [-0.05, 0) is 34.6 Å². The number of nitrogen functional groups attached to an aromatic ring is 1. The standard InChI is InChI=1S/C19H30N5O10P/c1-11(2)31-18(25)29-7-14(33-19(26)32-12(3)4)34-35(27,28)10-30-13(5)6-24-9-23-15-16(20)21-8-22-17(15)24/h8-9,11-14H,6-7,10H2,1-5H3,(H,27,28)(H2,20,21,22). The first kappa shape index (κ1) is 28.2. The molecule has 2 aromatic rings. The predicted molar refractivity (Wildman–Crippen MR) is 120 cm³/mol. The van der Waals surface area contributed by atoms with Crippen molar-refractivity contribution in [3.05, 3.63) is 12.7 Å². The van der Waals surface area contributed by atoms with Crippen LogP contribution in [0.2, 0.25) is 0 Å². The van der Waals surface area contributed by atoms with E-state index in [9.17, 15) is 19.0 Å². The Labute approximate surface area is 201 Å². The van der Waals surface area contributed by atoms with Gasteiger partial charge in [-0.3, -0.25) is 9.09 Å². The number of carbonyl (C=O) groups excluding carboxylic acids is 2. The van der Waals surface area contributed by atoms with Gasteiger partial charge in [-0.2, -0.15) is 0 Å². The van der Waals surface area contributed by atoms with Crippen LogP contribution >= 0.6 is 7.60 Å². The van der Waals surface area contributed by atoms with Gasteiger partial charge in [0.1, 0.15) is 18.2 Å². The summed E-state index contributed by atoms with van der Waals surface area (Å²) < 4.78 is 43.9. The lowest BCUT2D eigenvalue weighted by Crippen LogP contribution is -2.30. The Kier molecular flexibility index (Phi) is 10.2. The van der Waals surface area contributed by atoms with Crippen LogP contribution in [0.4, 0.5) is 15.4 Å². The van der Waals surface area contributed by atoms with Crippen LogP contribution in [0.25, 0.3) is 11.2 Å². The molecule has 0 aliphatic carbocycles. The van der Waals surface area contributed by atoms with Crippen LogP contribution in [-0.4, -0.2) is 74.3 Å². The molecule has 16 heteroatoms. The summed E-state index contributed by atoms with van der Waals surface area (Å²) in [7, 11) is -4.48. The van der Waals surface area contributed by atoms with Crippen LogP contribution in [0.15, 0.2) is 12.7 Å². The average Bonchev–Trinajstić information content (AvgIpc) is 3.13. The molecule has 0 saturated carbocycles. The number of aromatic nitrogens is 4. The summed E-state index contributed by atoms with van der Waals surface area (Å²) in [5.74, 6) is 0.220. The third kappa shape index (κ3) is 9.64. The Morgan fingerprint density at radius 1 is 1.06 bits per heavy atom. The molecule has 0 bridgehead atoms. The number of rotatable bonds is 12. The van der Waals surface area contributed by atoms with Gasteiger partial charge in [-0.25, -0.2) is 24.5 Å². The molecule has 0 spiro atoms. The average molecular weight is 519 g/mol. The van der Waals surface area contributed by atoms with Gasteiger partial charge in [-0.1, -0.05) is 0 Å². The number of anilines is 1. The third-order valence-electron chi connectivity index (χ3n) is 3.92. The van der Waals surface area contributed by atoms with Crippen molar-refractivity contribution in [3.63, 3.8) is 0 Å². The molecule has 0 saturated heterocycles. The van der Waals surface area contributed by atoms with Gasteiger partial charge in [-0.15, -0.1) is 0 Å². The van der Waals surface area contributed by atoms with Crippen molar-refractivity contribution >= 4 is 36.9 Å². The molecule has 2 heterocycles. The van der Waals surface area contributed by atoms with E-state index in [4.69, 9.17) is 33.9 Å². The molecule has 196 valence electrons. The van der Waals surface area contributed by atoms with E-state index in [0.29, 0.717) is 11.2 Å². The van der Waals surface area contributed by atoms with Crippen LogP contribution < -0.4 is 5.73 Å². The van der Waals surface area contributed by atoms with E-state index in [1.807, 2.05) is 0 Å². The van der Waals surface area contributed by atoms with Crippen molar-refractivity contribution in [2.75, 3.05) is 18.7 Å². The van der Waals surface area contributed by atoms with E-state index in [1.165, 1.54) is 12.7 Å². The van der Waals surface area contributed by atoms with Gasteiger partial charge < -0.3 is 38.9 Å². The molecular weight excluding hydrogens is 489 g/mol. The second-order valence-electron chi connectivity index (χ2n) is 7.87. The highest BCUT2D eigenvalue weighted by Gasteiger charge is 2.31.